The Morgan fingerprint density at radius 1 is 1.24 bits per heavy atom. The number of fused-ring (bicyclic) bond motifs is 1. The lowest BCUT2D eigenvalue weighted by molar-refractivity contribution is -0.384. The van der Waals surface area contributed by atoms with Crippen LogP contribution in [-0.4, -0.2) is 26.3 Å². The molecule has 0 saturated heterocycles. The number of carbonyl (C=O) groups excluding carboxylic acids is 2. The van der Waals surface area contributed by atoms with E-state index in [0.717, 1.165) is 21.8 Å². The Labute approximate surface area is 196 Å². The minimum Gasteiger partial charge on any atom is -0.407 e. The molecule has 1 atom stereocenters. The van der Waals surface area contributed by atoms with Crippen molar-refractivity contribution in [3.8, 4) is 11.3 Å². The first-order chi connectivity index (χ1) is 16.2. The van der Waals surface area contributed by atoms with Crippen LogP contribution < -0.4 is 16.4 Å². The van der Waals surface area contributed by atoms with Crippen molar-refractivity contribution in [3.63, 3.8) is 0 Å². The first kappa shape index (κ1) is 22.9. The SMILES string of the molecule is CC(=O)NC(C)c1ccc(-c2csc(NC(=O)Cn3c(=O)oc4cc([N+](=O)[O-])ccc43)n2)cc1. The number of nitrogens with zero attached hydrogens (tertiary/aromatic N) is 3. The second kappa shape index (κ2) is 9.27. The number of anilines is 1. The van der Waals surface area contributed by atoms with Gasteiger partial charge in [-0.25, -0.2) is 9.78 Å². The molecular formula is C22H19N5O6S. The van der Waals surface area contributed by atoms with E-state index in [4.69, 9.17) is 4.42 Å². The predicted molar refractivity (Wildman–Crippen MR) is 126 cm³/mol. The highest BCUT2D eigenvalue weighted by molar-refractivity contribution is 7.14. The summed E-state index contributed by atoms with van der Waals surface area (Å²) in [7, 11) is 0. The van der Waals surface area contributed by atoms with Crippen molar-refractivity contribution in [1.82, 2.24) is 14.9 Å². The molecule has 2 heterocycles. The molecule has 1 unspecified atom stereocenters. The Hall–Kier alpha value is -4.32. The first-order valence-corrected chi connectivity index (χ1v) is 11.0. The standard InChI is InChI=1S/C22H19N5O6S/c1-12(23-13(2)28)14-3-5-15(6-4-14)17-11-34-21(24-17)25-20(29)10-26-18-8-7-16(27(31)32)9-19(18)33-22(26)30/h3-9,11-12H,10H2,1-2H3,(H,23,28)(H,24,25,29). The quantitative estimate of drug-likeness (QED) is 0.303. The van der Waals surface area contributed by atoms with E-state index < -0.39 is 16.6 Å². The van der Waals surface area contributed by atoms with Gasteiger partial charge in [-0.1, -0.05) is 24.3 Å². The summed E-state index contributed by atoms with van der Waals surface area (Å²) in [4.78, 5) is 50.6. The van der Waals surface area contributed by atoms with E-state index in [0.29, 0.717) is 10.8 Å². The highest BCUT2D eigenvalue weighted by Crippen LogP contribution is 2.26. The van der Waals surface area contributed by atoms with Gasteiger partial charge in [-0.3, -0.25) is 24.3 Å². The monoisotopic (exact) mass is 481 g/mol. The smallest absolute Gasteiger partial charge is 0.407 e. The van der Waals surface area contributed by atoms with Crippen LogP contribution in [0.2, 0.25) is 0 Å². The normalized spacial score (nSPS) is 11.8. The second-order valence-electron chi connectivity index (χ2n) is 7.49. The summed E-state index contributed by atoms with van der Waals surface area (Å²) in [6.07, 6.45) is 0. The van der Waals surface area contributed by atoms with Crippen molar-refractivity contribution in [1.29, 1.82) is 0 Å². The van der Waals surface area contributed by atoms with Crippen LogP contribution in [0.5, 0.6) is 0 Å². The number of hydrogen-bond acceptors (Lipinski definition) is 8. The van der Waals surface area contributed by atoms with Crippen LogP contribution in [-0.2, 0) is 16.1 Å². The predicted octanol–water partition coefficient (Wildman–Crippen LogP) is 3.46. The van der Waals surface area contributed by atoms with Crippen molar-refractivity contribution in [2.45, 2.75) is 26.4 Å². The molecule has 4 rings (SSSR count). The Balaban J connectivity index is 1.45. The van der Waals surface area contributed by atoms with Gasteiger partial charge in [0.15, 0.2) is 10.7 Å². The van der Waals surface area contributed by atoms with Gasteiger partial charge in [0, 0.05) is 23.9 Å². The Bertz CT molecular complexity index is 1450. The highest BCUT2D eigenvalue weighted by atomic mass is 32.1. The third-order valence-corrected chi connectivity index (χ3v) is 5.80. The molecule has 11 nitrogen and oxygen atoms in total. The second-order valence-corrected chi connectivity index (χ2v) is 8.35. The molecule has 0 aliphatic heterocycles. The molecule has 34 heavy (non-hydrogen) atoms. The fraction of sp³-hybridized carbons (Fsp3) is 0.182. The zero-order valence-electron chi connectivity index (χ0n) is 18.1. The molecule has 0 aliphatic rings. The number of rotatable bonds is 7. The van der Waals surface area contributed by atoms with E-state index in [1.54, 1.807) is 5.38 Å². The zero-order chi connectivity index (χ0) is 24.4. The lowest BCUT2D eigenvalue weighted by Crippen LogP contribution is -2.24. The Kier molecular flexibility index (Phi) is 6.23. The Morgan fingerprint density at radius 3 is 2.65 bits per heavy atom. The lowest BCUT2D eigenvalue weighted by Gasteiger charge is -2.13. The summed E-state index contributed by atoms with van der Waals surface area (Å²) in [5.74, 6) is -1.40. The van der Waals surface area contributed by atoms with E-state index in [1.807, 2.05) is 31.2 Å². The number of aromatic nitrogens is 2. The van der Waals surface area contributed by atoms with Crippen molar-refractivity contribution in [3.05, 3.63) is 74.1 Å². The molecule has 2 N–H and O–H groups in total. The fourth-order valence-electron chi connectivity index (χ4n) is 3.42. The molecule has 2 aromatic heterocycles. The molecule has 174 valence electrons. The molecule has 12 heteroatoms. The summed E-state index contributed by atoms with van der Waals surface area (Å²) >= 11 is 1.23. The molecule has 4 aromatic rings. The number of amides is 2. The summed E-state index contributed by atoms with van der Waals surface area (Å²) < 4.78 is 6.13. The number of thiazole rings is 1. The molecule has 2 amide bonds. The van der Waals surface area contributed by atoms with E-state index in [9.17, 15) is 24.5 Å². The number of hydrogen-bond donors (Lipinski definition) is 2. The van der Waals surface area contributed by atoms with Crippen LogP contribution in [0.4, 0.5) is 10.8 Å². The molecule has 0 bridgehead atoms. The molecule has 0 radical (unpaired) electrons. The van der Waals surface area contributed by atoms with Crippen LogP contribution in [0.3, 0.4) is 0 Å². The molecule has 0 saturated carbocycles. The minimum absolute atomic E-state index is 0.0276. The van der Waals surface area contributed by atoms with Crippen LogP contribution in [0, 0.1) is 10.1 Å². The summed E-state index contributed by atoms with van der Waals surface area (Å²) in [6.45, 7) is 3.02. The number of oxazole rings is 1. The van der Waals surface area contributed by atoms with Gasteiger partial charge in [0.25, 0.3) is 5.69 Å². The third kappa shape index (κ3) is 4.86. The zero-order valence-corrected chi connectivity index (χ0v) is 18.9. The van der Waals surface area contributed by atoms with Crippen molar-refractivity contribution in [2.24, 2.45) is 0 Å². The molecule has 0 spiro atoms. The summed E-state index contributed by atoms with van der Waals surface area (Å²) in [5.41, 5.74) is 2.54. The third-order valence-electron chi connectivity index (χ3n) is 5.04. The molecule has 0 aliphatic carbocycles. The summed E-state index contributed by atoms with van der Waals surface area (Å²) in [6, 6.07) is 11.2. The van der Waals surface area contributed by atoms with Gasteiger partial charge in [-0.15, -0.1) is 11.3 Å². The fourth-order valence-corrected chi connectivity index (χ4v) is 4.15. The number of nitrogens with one attached hydrogen (secondary N) is 2. The van der Waals surface area contributed by atoms with Gasteiger partial charge >= 0.3 is 5.76 Å². The maximum atomic E-state index is 12.5. The Morgan fingerprint density at radius 2 is 1.97 bits per heavy atom. The number of non-ortho nitro benzene ring substituents is 1. The lowest BCUT2D eigenvalue weighted by atomic mass is 10.1. The van der Waals surface area contributed by atoms with E-state index in [1.165, 1.54) is 30.4 Å². The largest absolute Gasteiger partial charge is 0.420 e. The molecule has 2 aromatic carbocycles. The number of benzene rings is 2. The van der Waals surface area contributed by atoms with Crippen molar-refractivity contribution < 1.29 is 18.9 Å². The average Bonchev–Trinajstić information content (AvgIpc) is 3.37. The first-order valence-electron chi connectivity index (χ1n) is 10.1. The van der Waals surface area contributed by atoms with Gasteiger partial charge in [0.1, 0.15) is 6.54 Å². The summed E-state index contributed by atoms with van der Waals surface area (Å²) in [5, 5.41) is 18.5. The van der Waals surface area contributed by atoms with Crippen molar-refractivity contribution in [2.75, 3.05) is 5.32 Å². The molecule has 0 fully saturated rings. The maximum absolute atomic E-state index is 12.5. The number of carbonyl (C=O) groups is 2. The van der Waals surface area contributed by atoms with Crippen LogP contribution >= 0.6 is 11.3 Å². The van der Waals surface area contributed by atoms with Crippen LogP contribution in [0.25, 0.3) is 22.4 Å². The van der Waals surface area contributed by atoms with E-state index in [2.05, 4.69) is 15.6 Å². The minimum atomic E-state index is -0.793. The number of nitro groups is 1. The van der Waals surface area contributed by atoms with Gasteiger partial charge in [0.05, 0.1) is 28.2 Å². The van der Waals surface area contributed by atoms with Crippen molar-refractivity contribution >= 4 is 45.1 Å². The topological polar surface area (TPSA) is 149 Å². The van der Waals surface area contributed by atoms with E-state index >= 15 is 0 Å². The molecular weight excluding hydrogens is 462 g/mol. The van der Waals surface area contributed by atoms with Gasteiger partial charge in [-0.05, 0) is 18.6 Å². The number of nitro benzene ring substituents is 1. The van der Waals surface area contributed by atoms with E-state index in [-0.39, 0.29) is 35.3 Å². The van der Waals surface area contributed by atoms with Crippen LogP contribution in [0.15, 0.2) is 57.1 Å². The van der Waals surface area contributed by atoms with Crippen LogP contribution in [0.1, 0.15) is 25.5 Å². The highest BCUT2D eigenvalue weighted by Gasteiger charge is 2.17. The van der Waals surface area contributed by atoms with Gasteiger partial charge in [-0.2, -0.15) is 0 Å². The van der Waals surface area contributed by atoms with Gasteiger partial charge < -0.3 is 15.1 Å². The maximum Gasteiger partial charge on any atom is 0.420 e. The average molecular weight is 481 g/mol. The van der Waals surface area contributed by atoms with Gasteiger partial charge in [0.2, 0.25) is 11.8 Å².